The molecule has 6 aromatic rings. The van der Waals surface area contributed by atoms with Crippen LogP contribution in [0.25, 0.3) is 55.7 Å². The first kappa shape index (κ1) is 25.8. The zero-order valence-corrected chi connectivity index (χ0v) is 26.0. The monoisotopic (exact) mass is 595 g/mol. The third kappa shape index (κ3) is 3.52. The van der Waals surface area contributed by atoms with Crippen molar-refractivity contribution < 1.29 is 0 Å². The van der Waals surface area contributed by atoms with Crippen molar-refractivity contribution in [1.29, 1.82) is 0 Å². The van der Waals surface area contributed by atoms with Crippen molar-refractivity contribution in [2.75, 3.05) is 0 Å². The Kier molecular flexibility index (Phi) is 5.24. The largest absolute Gasteiger partial charge is 0.208 e. The lowest BCUT2D eigenvalue weighted by Gasteiger charge is -2.74. The van der Waals surface area contributed by atoms with Crippen LogP contribution in [-0.2, 0) is 5.41 Å². The van der Waals surface area contributed by atoms with Crippen LogP contribution in [0.5, 0.6) is 0 Å². The Morgan fingerprint density at radius 1 is 0.457 bits per heavy atom. The van der Waals surface area contributed by atoms with E-state index in [4.69, 9.17) is 15.0 Å². The van der Waals surface area contributed by atoms with E-state index in [0.717, 1.165) is 58.1 Å². The predicted octanol–water partition coefficient (Wildman–Crippen LogP) is 10.1. The number of fused-ring (bicyclic) bond motifs is 3. The molecule has 13 rings (SSSR count). The van der Waals surface area contributed by atoms with Crippen LogP contribution >= 0.6 is 0 Å². The number of rotatable bonds is 4. The van der Waals surface area contributed by atoms with Gasteiger partial charge in [0.15, 0.2) is 17.5 Å². The van der Waals surface area contributed by atoms with Crippen molar-refractivity contribution in [3.63, 3.8) is 0 Å². The number of aromatic nitrogens is 3. The highest BCUT2D eigenvalue weighted by Crippen LogP contribution is 2.76. The maximum atomic E-state index is 4.98. The first-order chi connectivity index (χ1) is 22.7. The van der Waals surface area contributed by atoms with E-state index in [1.165, 1.54) is 53.6 Å². The van der Waals surface area contributed by atoms with Crippen LogP contribution in [0.3, 0.4) is 0 Å². The van der Waals surface area contributed by atoms with Crippen LogP contribution in [0.15, 0.2) is 109 Å². The van der Waals surface area contributed by atoms with E-state index < -0.39 is 0 Å². The topological polar surface area (TPSA) is 38.7 Å². The Bertz CT molecular complexity index is 2090. The zero-order chi connectivity index (χ0) is 30.0. The van der Waals surface area contributed by atoms with Crippen LogP contribution in [-0.4, -0.2) is 15.0 Å². The smallest absolute Gasteiger partial charge is 0.164 e. The summed E-state index contributed by atoms with van der Waals surface area (Å²) < 4.78 is 0. The van der Waals surface area contributed by atoms with Crippen LogP contribution in [0, 0.1) is 41.4 Å². The predicted molar refractivity (Wildman–Crippen MR) is 185 cm³/mol. The lowest BCUT2D eigenvalue weighted by Crippen LogP contribution is -2.69. The van der Waals surface area contributed by atoms with Gasteiger partial charge in [-0.2, -0.15) is 0 Å². The number of benzene rings is 5. The molecule has 5 aromatic carbocycles. The van der Waals surface area contributed by atoms with Crippen molar-refractivity contribution in [1.82, 2.24) is 15.0 Å². The van der Waals surface area contributed by atoms with E-state index in [0.29, 0.717) is 22.9 Å². The van der Waals surface area contributed by atoms with Gasteiger partial charge in [0.1, 0.15) is 0 Å². The Morgan fingerprint density at radius 2 is 1.00 bits per heavy atom. The second-order valence-corrected chi connectivity index (χ2v) is 15.3. The molecule has 8 bridgehead atoms. The summed E-state index contributed by atoms with van der Waals surface area (Å²) in [6, 6.07) is 39.5. The molecule has 0 amide bonds. The van der Waals surface area contributed by atoms with E-state index in [2.05, 4.69) is 72.8 Å². The van der Waals surface area contributed by atoms with Crippen molar-refractivity contribution >= 4 is 21.5 Å². The number of hydrogen-bond acceptors (Lipinski definition) is 3. The van der Waals surface area contributed by atoms with Gasteiger partial charge in [-0.05, 0) is 113 Å². The zero-order valence-electron chi connectivity index (χ0n) is 26.0. The quantitative estimate of drug-likeness (QED) is 0.190. The van der Waals surface area contributed by atoms with E-state index in [-0.39, 0.29) is 0 Å². The van der Waals surface area contributed by atoms with Gasteiger partial charge in [-0.15, -0.1) is 0 Å². The average Bonchev–Trinajstić information content (AvgIpc) is 3.13. The molecule has 4 unspecified atom stereocenters. The third-order valence-electron chi connectivity index (χ3n) is 13.4. The molecule has 3 nitrogen and oxygen atoms in total. The maximum Gasteiger partial charge on any atom is 0.164 e. The van der Waals surface area contributed by atoms with Crippen molar-refractivity contribution in [2.24, 2.45) is 41.4 Å². The molecule has 0 aliphatic heterocycles. The molecule has 46 heavy (non-hydrogen) atoms. The van der Waals surface area contributed by atoms with E-state index in [9.17, 15) is 0 Å². The van der Waals surface area contributed by atoms with E-state index >= 15 is 0 Å². The summed E-state index contributed by atoms with van der Waals surface area (Å²) in [6.07, 6.45) is 9.10. The molecule has 224 valence electrons. The molecule has 7 aliphatic rings. The maximum absolute atomic E-state index is 4.98. The molecular weight excluding hydrogens is 558 g/mol. The molecule has 1 heterocycles. The number of nitrogens with zero attached hydrogens (tertiary/aromatic N) is 3. The minimum absolute atomic E-state index is 0.447. The fraction of sp³-hybridized carbons (Fsp3) is 0.326. The molecule has 1 aromatic heterocycles. The second kappa shape index (κ2) is 9.35. The van der Waals surface area contributed by atoms with Gasteiger partial charge in [-0.1, -0.05) is 103 Å². The molecule has 7 aliphatic carbocycles. The van der Waals surface area contributed by atoms with Gasteiger partial charge in [0.25, 0.3) is 0 Å². The molecular formula is C43H37N3. The molecule has 7 saturated carbocycles. The highest BCUT2D eigenvalue weighted by molar-refractivity contribution is 6.08. The van der Waals surface area contributed by atoms with Crippen LogP contribution < -0.4 is 0 Å². The Labute approximate surface area is 270 Å². The van der Waals surface area contributed by atoms with Crippen molar-refractivity contribution in [3.05, 3.63) is 115 Å². The fourth-order valence-corrected chi connectivity index (χ4v) is 11.9. The van der Waals surface area contributed by atoms with Gasteiger partial charge in [-0.3, -0.25) is 0 Å². The first-order valence-corrected chi connectivity index (χ1v) is 17.6. The molecule has 0 radical (unpaired) electrons. The van der Waals surface area contributed by atoms with Gasteiger partial charge in [-0.25, -0.2) is 15.0 Å². The molecule has 0 N–H and O–H groups in total. The first-order valence-electron chi connectivity index (χ1n) is 17.6. The minimum Gasteiger partial charge on any atom is -0.208 e. The Balaban J connectivity index is 1.01. The summed E-state index contributed by atoms with van der Waals surface area (Å²) >= 11 is 0. The Hall–Kier alpha value is -4.37. The van der Waals surface area contributed by atoms with Crippen molar-refractivity contribution in [2.45, 2.75) is 43.9 Å². The van der Waals surface area contributed by atoms with E-state index in [1.54, 1.807) is 12.0 Å². The normalized spacial score (nSPS) is 31.7. The Morgan fingerprint density at radius 3 is 1.63 bits per heavy atom. The van der Waals surface area contributed by atoms with Crippen LogP contribution in [0.2, 0.25) is 0 Å². The summed E-state index contributed by atoms with van der Waals surface area (Å²) in [6.45, 7) is 0. The standard InChI is InChI=1S/C43H37N3/c1-3-7-27(8-4-1)40-44-41(28-9-5-2-6-10-28)46-42(45-40)31-13-15-33-29(22-31)11-12-30-23-32(14-16-34(30)33)43-24-26-18-36-35-17-25(20-38(36)43)21-39(43)37(35)19-26/h1-16,22-23,25-26,35-39H,17-21,24H2. The molecule has 0 saturated heterocycles. The second-order valence-electron chi connectivity index (χ2n) is 15.3. The summed E-state index contributed by atoms with van der Waals surface area (Å²) in [5.74, 6) is 9.04. The number of hydrogen-bond donors (Lipinski definition) is 0. The van der Waals surface area contributed by atoms with Crippen LogP contribution in [0.1, 0.15) is 44.1 Å². The molecule has 0 spiro atoms. The van der Waals surface area contributed by atoms with E-state index in [1.807, 2.05) is 36.4 Å². The summed E-state index contributed by atoms with van der Waals surface area (Å²) in [5.41, 5.74) is 5.12. The lowest BCUT2D eigenvalue weighted by atomic mass is 9.30. The SMILES string of the molecule is c1ccc(-c2nc(-c3ccccc3)nc(-c3ccc4c(ccc5cc(C67CC8CC9C%10CC(CC96)CC7C%10C8)ccc54)c3)n2)cc1. The third-order valence-corrected chi connectivity index (χ3v) is 13.4. The van der Waals surface area contributed by atoms with Crippen LogP contribution in [0.4, 0.5) is 0 Å². The van der Waals surface area contributed by atoms with Gasteiger partial charge in [0.05, 0.1) is 0 Å². The molecule has 4 atom stereocenters. The molecule has 7 fully saturated rings. The van der Waals surface area contributed by atoms with Gasteiger partial charge < -0.3 is 0 Å². The van der Waals surface area contributed by atoms with Crippen molar-refractivity contribution in [3.8, 4) is 34.2 Å². The highest BCUT2D eigenvalue weighted by atomic mass is 15.0. The lowest BCUT2D eigenvalue weighted by molar-refractivity contribution is -0.220. The fourth-order valence-electron chi connectivity index (χ4n) is 11.9. The van der Waals surface area contributed by atoms with Gasteiger partial charge >= 0.3 is 0 Å². The summed E-state index contributed by atoms with van der Waals surface area (Å²) in [4.78, 5) is 14.9. The summed E-state index contributed by atoms with van der Waals surface area (Å²) in [7, 11) is 0. The summed E-state index contributed by atoms with van der Waals surface area (Å²) in [5, 5.41) is 5.29. The highest BCUT2D eigenvalue weighted by Gasteiger charge is 2.70. The van der Waals surface area contributed by atoms with Gasteiger partial charge in [0.2, 0.25) is 0 Å². The van der Waals surface area contributed by atoms with Gasteiger partial charge in [0, 0.05) is 22.1 Å². The molecule has 3 heteroatoms. The average molecular weight is 596 g/mol. The minimum atomic E-state index is 0.447.